The molecular formula is C19H26N2OS. The third-order valence-electron chi connectivity index (χ3n) is 3.64. The zero-order chi connectivity index (χ0) is 17.0. The summed E-state index contributed by atoms with van der Waals surface area (Å²) in [4.78, 5) is 18.4. The van der Waals surface area contributed by atoms with Gasteiger partial charge >= 0.3 is 0 Å². The van der Waals surface area contributed by atoms with E-state index in [1.54, 1.807) is 11.3 Å². The highest BCUT2D eigenvalue weighted by Gasteiger charge is 2.20. The molecule has 0 radical (unpaired) electrons. The van der Waals surface area contributed by atoms with Crippen LogP contribution in [0.4, 0.5) is 0 Å². The summed E-state index contributed by atoms with van der Waals surface area (Å²) >= 11 is 1.55. The van der Waals surface area contributed by atoms with E-state index >= 15 is 0 Å². The lowest BCUT2D eigenvalue weighted by Crippen LogP contribution is -2.22. The maximum atomic E-state index is 12.2. The molecule has 1 heterocycles. The van der Waals surface area contributed by atoms with Gasteiger partial charge in [0.15, 0.2) is 4.80 Å². The maximum absolute atomic E-state index is 12.2. The van der Waals surface area contributed by atoms with Crippen LogP contribution in [0, 0.1) is 12.3 Å². The second-order valence-electron chi connectivity index (χ2n) is 6.93. The van der Waals surface area contributed by atoms with Crippen LogP contribution in [-0.4, -0.2) is 10.5 Å². The molecular weight excluding hydrogens is 304 g/mol. The number of amides is 1. The Morgan fingerprint density at radius 1 is 1.22 bits per heavy atom. The van der Waals surface area contributed by atoms with Crippen LogP contribution in [-0.2, 0) is 11.2 Å². The fraction of sp³-hybridized carbons (Fsp3) is 0.474. The molecule has 3 nitrogen and oxygen atoms in total. The maximum Gasteiger partial charge on any atom is 0.253 e. The zero-order valence-electron chi connectivity index (χ0n) is 14.7. The van der Waals surface area contributed by atoms with Gasteiger partial charge in [-0.15, -0.1) is 11.3 Å². The van der Waals surface area contributed by atoms with Crippen molar-refractivity contribution in [3.63, 3.8) is 0 Å². The van der Waals surface area contributed by atoms with Crippen LogP contribution in [0.1, 0.15) is 51.0 Å². The van der Waals surface area contributed by atoms with E-state index in [1.165, 1.54) is 18.4 Å². The Hall–Kier alpha value is -1.68. The monoisotopic (exact) mass is 330 g/mol. The molecule has 0 aliphatic carbocycles. The standard InChI is InChI=1S/C19H26N2OS/c1-6-7-8-15-9-11-16(12-10-15)21-13-14(2)23-18(21)20-17(22)19(3,4)5/h9-13H,6-8H2,1-5H3. The Kier molecular flexibility index (Phi) is 5.58. The second-order valence-corrected chi connectivity index (χ2v) is 8.14. The minimum absolute atomic E-state index is 0.0901. The Morgan fingerprint density at radius 2 is 1.87 bits per heavy atom. The van der Waals surface area contributed by atoms with Crippen molar-refractivity contribution < 1.29 is 4.79 Å². The van der Waals surface area contributed by atoms with Crippen LogP contribution < -0.4 is 4.80 Å². The highest BCUT2D eigenvalue weighted by molar-refractivity contribution is 7.09. The van der Waals surface area contributed by atoms with Gasteiger partial charge in [-0.3, -0.25) is 9.36 Å². The number of carbonyl (C=O) groups is 1. The molecule has 1 aromatic carbocycles. The van der Waals surface area contributed by atoms with Gasteiger partial charge in [0.2, 0.25) is 0 Å². The van der Waals surface area contributed by atoms with Gasteiger partial charge < -0.3 is 0 Å². The summed E-state index contributed by atoms with van der Waals surface area (Å²) in [5.41, 5.74) is 1.95. The van der Waals surface area contributed by atoms with Gasteiger partial charge in [-0.2, -0.15) is 4.99 Å². The number of hydrogen-bond acceptors (Lipinski definition) is 2. The molecule has 23 heavy (non-hydrogen) atoms. The van der Waals surface area contributed by atoms with Crippen molar-refractivity contribution in [1.29, 1.82) is 0 Å². The molecule has 0 atom stereocenters. The van der Waals surface area contributed by atoms with E-state index in [0.29, 0.717) is 0 Å². The van der Waals surface area contributed by atoms with Crippen LogP contribution in [0.3, 0.4) is 0 Å². The highest BCUT2D eigenvalue weighted by atomic mass is 32.1. The fourth-order valence-corrected chi connectivity index (χ4v) is 3.01. The van der Waals surface area contributed by atoms with Crippen LogP contribution in [0.2, 0.25) is 0 Å². The van der Waals surface area contributed by atoms with Crippen LogP contribution in [0.15, 0.2) is 35.5 Å². The Labute approximate surface area is 142 Å². The predicted molar refractivity (Wildman–Crippen MR) is 97.0 cm³/mol. The van der Waals surface area contributed by atoms with Crippen LogP contribution in [0.25, 0.3) is 5.69 Å². The average molecular weight is 330 g/mol. The molecule has 1 aromatic heterocycles. The molecule has 0 aliphatic rings. The fourth-order valence-electron chi connectivity index (χ4n) is 2.18. The molecule has 0 bridgehead atoms. The number of unbranched alkanes of at least 4 members (excludes halogenated alkanes) is 1. The average Bonchev–Trinajstić information content (AvgIpc) is 2.85. The van der Waals surface area contributed by atoms with Gasteiger partial charge in [-0.25, -0.2) is 0 Å². The van der Waals surface area contributed by atoms with Gasteiger partial charge in [0.05, 0.1) is 0 Å². The summed E-state index contributed by atoms with van der Waals surface area (Å²) in [5.74, 6) is -0.0901. The van der Waals surface area contributed by atoms with E-state index in [4.69, 9.17) is 0 Å². The van der Waals surface area contributed by atoms with Gasteiger partial charge in [0.1, 0.15) is 0 Å². The van der Waals surface area contributed by atoms with E-state index in [0.717, 1.165) is 21.8 Å². The van der Waals surface area contributed by atoms with E-state index in [9.17, 15) is 4.79 Å². The van der Waals surface area contributed by atoms with Crippen LogP contribution >= 0.6 is 11.3 Å². The third-order valence-corrected chi connectivity index (χ3v) is 4.54. The molecule has 0 saturated heterocycles. The number of benzene rings is 1. The Balaban J connectivity index is 2.37. The first-order chi connectivity index (χ1) is 10.8. The number of thiazole rings is 1. The Bertz CT molecular complexity index is 730. The lowest BCUT2D eigenvalue weighted by molar-refractivity contribution is -0.125. The second kappa shape index (κ2) is 7.26. The predicted octanol–water partition coefficient (Wildman–Crippen LogP) is 4.66. The van der Waals surface area contributed by atoms with E-state index in [1.807, 2.05) is 38.5 Å². The lowest BCUT2D eigenvalue weighted by Gasteiger charge is -2.12. The molecule has 2 aromatic rings. The normalized spacial score (nSPS) is 12.7. The minimum Gasteiger partial charge on any atom is -0.292 e. The number of aryl methyl sites for hydroxylation is 2. The van der Waals surface area contributed by atoms with Crippen molar-refractivity contribution in [2.75, 3.05) is 0 Å². The first-order valence-electron chi connectivity index (χ1n) is 8.19. The first-order valence-corrected chi connectivity index (χ1v) is 9.00. The molecule has 2 rings (SSSR count). The topological polar surface area (TPSA) is 34.4 Å². The smallest absolute Gasteiger partial charge is 0.253 e. The Morgan fingerprint density at radius 3 is 2.43 bits per heavy atom. The molecule has 0 fully saturated rings. The minimum atomic E-state index is -0.459. The summed E-state index contributed by atoms with van der Waals surface area (Å²) in [6, 6.07) is 8.55. The summed E-state index contributed by atoms with van der Waals surface area (Å²) in [6.45, 7) is 9.93. The number of hydrogen-bond donors (Lipinski definition) is 0. The van der Waals surface area contributed by atoms with Crippen molar-refractivity contribution in [2.45, 2.75) is 53.9 Å². The molecule has 0 aliphatic heterocycles. The number of rotatable bonds is 4. The van der Waals surface area contributed by atoms with E-state index in [-0.39, 0.29) is 5.91 Å². The molecule has 0 unspecified atom stereocenters. The van der Waals surface area contributed by atoms with E-state index in [2.05, 4.69) is 36.2 Å². The van der Waals surface area contributed by atoms with Gasteiger partial charge in [-0.05, 0) is 37.5 Å². The summed E-state index contributed by atoms with van der Waals surface area (Å²) < 4.78 is 2.01. The van der Waals surface area contributed by atoms with Crippen molar-refractivity contribution >= 4 is 17.2 Å². The zero-order valence-corrected chi connectivity index (χ0v) is 15.5. The summed E-state index contributed by atoms with van der Waals surface area (Å²) in [5, 5.41) is 0. The molecule has 1 amide bonds. The van der Waals surface area contributed by atoms with Crippen molar-refractivity contribution in [2.24, 2.45) is 10.4 Å². The largest absolute Gasteiger partial charge is 0.292 e. The first kappa shape index (κ1) is 17.7. The van der Waals surface area contributed by atoms with Gasteiger partial charge in [0, 0.05) is 22.2 Å². The molecule has 0 N–H and O–H groups in total. The third kappa shape index (κ3) is 4.64. The lowest BCUT2D eigenvalue weighted by atomic mass is 9.96. The molecule has 4 heteroatoms. The summed E-state index contributed by atoms with van der Waals surface area (Å²) in [6.07, 6.45) is 5.58. The number of nitrogens with zero attached hydrogens (tertiary/aromatic N) is 2. The highest BCUT2D eigenvalue weighted by Crippen LogP contribution is 2.16. The SMILES string of the molecule is CCCCc1ccc(-n2cc(C)sc2=NC(=O)C(C)(C)C)cc1. The molecule has 0 saturated carbocycles. The number of aromatic nitrogens is 1. The van der Waals surface area contributed by atoms with Crippen molar-refractivity contribution in [3.05, 3.63) is 45.7 Å². The molecule has 0 spiro atoms. The van der Waals surface area contributed by atoms with Crippen molar-refractivity contribution in [1.82, 2.24) is 4.57 Å². The quantitative estimate of drug-likeness (QED) is 0.802. The van der Waals surface area contributed by atoms with E-state index < -0.39 is 5.41 Å². The van der Waals surface area contributed by atoms with Crippen LogP contribution in [0.5, 0.6) is 0 Å². The van der Waals surface area contributed by atoms with Gasteiger partial charge in [-0.1, -0.05) is 46.2 Å². The van der Waals surface area contributed by atoms with Gasteiger partial charge in [0.25, 0.3) is 5.91 Å². The number of carbonyl (C=O) groups excluding carboxylic acids is 1. The molecule has 124 valence electrons. The summed E-state index contributed by atoms with van der Waals surface area (Å²) in [7, 11) is 0. The van der Waals surface area contributed by atoms with Crippen molar-refractivity contribution in [3.8, 4) is 5.69 Å².